The number of hydrogen-bond acceptors (Lipinski definition) is 24. The molecule has 3 saturated heterocycles. The van der Waals surface area contributed by atoms with E-state index in [2.05, 4.69) is 61.6 Å². The van der Waals surface area contributed by atoms with E-state index in [0.717, 1.165) is 76.4 Å². The number of anilines is 3. The van der Waals surface area contributed by atoms with Crippen molar-refractivity contribution < 1.29 is 75.5 Å². The van der Waals surface area contributed by atoms with Crippen molar-refractivity contribution in [2.24, 2.45) is 17.6 Å². The minimum Gasteiger partial charge on any atom is -0.507 e. The number of thiazole rings is 1. The molecule has 656 valence electrons. The highest BCUT2D eigenvalue weighted by Gasteiger charge is 2.50. The fraction of sp³-hybridized carbons (Fsp3) is 0.478. The summed E-state index contributed by atoms with van der Waals surface area (Å²) in [6.07, 6.45) is -0.273. The number of urea groups is 1. The van der Waals surface area contributed by atoms with Crippen molar-refractivity contribution >= 4 is 78.2 Å². The van der Waals surface area contributed by atoms with Crippen LogP contribution in [0, 0.1) is 18.8 Å². The van der Waals surface area contributed by atoms with E-state index in [9.17, 15) is 38.4 Å². The Morgan fingerprint density at radius 3 is 2.05 bits per heavy atom. The van der Waals surface area contributed by atoms with Gasteiger partial charge in [-0.05, 0) is 187 Å². The van der Waals surface area contributed by atoms with Crippen molar-refractivity contribution in [3.05, 3.63) is 173 Å². The fourth-order valence-electron chi connectivity index (χ4n) is 16.9. The third kappa shape index (κ3) is 22.0. The maximum absolute atomic E-state index is 15.2. The first-order chi connectivity index (χ1) is 58.6. The average Bonchev–Trinajstić information content (AvgIpc) is 1.67. The van der Waals surface area contributed by atoms with Crippen LogP contribution in [-0.2, 0) is 53.4 Å². The van der Waals surface area contributed by atoms with Gasteiger partial charge >= 0.3 is 26.0 Å². The molecule has 13 rings (SSSR count). The number of phenols is 1. The molecule has 123 heavy (non-hydrogen) atoms. The number of aromatic nitrogens is 4. The molecule has 3 fully saturated rings. The lowest BCUT2D eigenvalue weighted by molar-refractivity contribution is -0.141. The van der Waals surface area contributed by atoms with E-state index in [4.69, 9.17) is 38.0 Å². The Bertz CT molecular complexity index is 5060. The van der Waals surface area contributed by atoms with E-state index in [1.54, 1.807) is 120 Å². The lowest BCUT2D eigenvalue weighted by Crippen LogP contribution is -2.66. The van der Waals surface area contributed by atoms with E-state index >= 15 is 4.79 Å². The van der Waals surface area contributed by atoms with Gasteiger partial charge in [-0.25, -0.2) is 23.9 Å². The van der Waals surface area contributed by atoms with Crippen molar-refractivity contribution in [3.63, 3.8) is 0 Å². The van der Waals surface area contributed by atoms with E-state index < -0.39 is 109 Å². The Morgan fingerprint density at radius 1 is 0.748 bits per heavy atom. The number of benzene rings is 5. The van der Waals surface area contributed by atoms with Gasteiger partial charge in [0.05, 0.1) is 62.9 Å². The zero-order chi connectivity index (χ0) is 87.8. The van der Waals surface area contributed by atoms with Crippen molar-refractivity contribution in [2.45, 2.75) is 200 Å². The first kappa shape index (κ1) is 89.9. The number of alkyl carbamates (subject to hydrolysis) is 1. The largest absolute Gasteiger partial charge is 0.507 e. The van der Waals surface area contributed by atoms with Gasteiger partial charge in [0.25, 0.3) is 5.88 Å². The average molecular weight is 1730 g/mol. The van der Waals surface area contributed by atoms with E-state index in [1.807, 2.05) is 125 Å². The summed E-state index contributed by atoms with van der Waals surface area (Å²) in [4.78, 5) is 114. The van der Waals surface area contributed by atoms with Crippen LogP contribution in [0.15, 0.2) is 143 Å². The molecule has 0 saturated carbocycles. The normalized spacial score (nSPS) is 18.6. The molecule has 8 amide bonds. The molecule has 33 heteroatoms. The standard InChI is InChI=1S/C90H114N15O16PS/c1-53(2)78(85(110)104-48-63(119-122(114,120-89(8,9)10)121-90(11,12)13)45-73(104)83(108)94-55(5)59-30-32-60(33-31-59)80-56(6)93-52-123-80)76-47-77(100-118-76)115-44-43-101-39-36-62(37-40-101)102-41-42-103-72-46-71(68-25-18-19-27-75(68)106)98-99-81(72)105(57(7)74(103)49-102)88(113)117-50-58-28-34-61(35-29-58)95-82(107)70(26-20-38-92-86(91)111)96-84(109)79(54(3)4)97-87(112)116-51-69-66-23-16-14-21-64(66)65-22-15-17-24-67(65)69/h14-19,21-25,27-35,46-47,52-55,57,62-63,69-70,73-74,78-79,106H,20,26,36-45,48-51H2,1-13H3,(H,94,108)(H,95,107)(H,96,109)(H,97,112)(H3,91,92,111)/t55-,57-,63+,70-,73-,74-,78+,79-/m0/s1. The van der Waals surface area contributed by atoms with Crippen LogP contribution in [0.1, 0.15) is 167 Å². The number of rotatable bonds is 31. The first-order valence-electron chi connectivity index (χ1n) is 42.3. The number of aromatic hydroxyl groups is 1. The summed E-state index contributed by atoms with van der Waals surface area (Å²) in [7, 11) is -4.29. The zero-order valence-corrected chi connectivity index (χ0v) is 73.8. The number of fused-ring (bicyclic) bond motifs is 6. The number of phosphoric ester groups is 1. The van der Waals surface area contributed by atoms with Gasteiger partial charge in [0.1, 0.15) is 49.6 Å². The quantitative estimate of drug-likeness (QED) is 0.0157. The number of para-hydroxylation sites is 1. The van der Waals surface area contributed by atoms with Crippen molar-refractivity contribution in [1.82, 2.24) is 56.3 Å². The molecule has 0 bridgehead atoms. The zero-order valence-electron chi connectivity index (χ0n) is 72.0. The van der Waals surface area contributed by atoms with Crippen molar-refractivity contribution in [2.75, 3.05) is 80.7 Å². The number of phosphoric acid groups is 1. The minimum absolute atomic E-state index is 0.000727. The number of nitrogens with two attached hydrogens (primary N) is 1. The van der Waals surface area contributed by atoms with Crippen LogP contribution in [0.3, 0.4) is 0 Å². The molecule has 0 radical (unpaired) electrons. The van der Waals surface area contributed by atoms with Gasteiger partial charge in [0.15, 0.2) is 11.6 Å². The third-order valence-corrected chi connectivity index (χ3v) is 26.1. The van der Waals surface area contributed by atoms with E-state index in [0.29, 0.717) is 53.6 Å². The summed E-state index contributed by atoms with van der Waals surface area (Å²) in [5.74, 6) is -3.05. The van der Waals surface area contributed by atoms with Crippen LogP contribution in [0.5, 0.6) is 11.6 Å². The summed E-state index contributed by atoms with van der Waals surface area (Å²) in [6, 6.07) is 36.1. The van der Waals surface area contributed by atoms with Crippen molar-refractivity contribution in [3.8, 4) is 44.5 Å². The van der Waals surface area contributed by atoms with Crippen LogP contribution in [-0.4, -0.2) is 201 Å². The van der Waals surface area contributed by atoms with Crippen LogP contribution in [0.25, 0.3) is 32.8 Å². The Labute approximate surface area is 721 Å². The number of phenolic OH excluding ortho intramolecular Hbond substituents is 1. The number of amides is 8. The second kappa shape index (κ2) is 38.9. The monoisotopic (exact) mass is 1720 g/mol. The highest BCUT2D eigenvalue weighted by atomic mass is 32.1. The second-order valence-corrected chi connectivity index (χ2v) is 37.2. The molecule has 4 aliphatic heterocycles. The third-order valence-electron chi connectivity index (χ3n) is 23.0. The molecule has 8 aromatic rings. The summed E-state index contributed by atoms with van der Waals surface area (Å²) in [5, 5.41) is 38.6. The summed E-state index contributed by atoms with van der Waals surface area (Å²) in [5.41, 5.74) is 14.9. The number of nitrogens with zero attached hydrogens (tertiary/aromatic N) is 9. The maximum Gasteiger partial charge on any atom is 0.476 e. The predicted octanol–water partition coefficient (Wildman–Crippen LogP) is 13.6. The molecule has 0 unspecified atom stereocenters. The highest BCUT2D eigenvalue weighted by Crippen LogP contribution is 2.57. The lowest BCUT2D eigenvalue weighted by atomic mass is 9.91. The molecular formula is C90H114N15O16PS. The number of piperazine rings is 1. The van der Waals surface area contributed by atoms with Crippen LogP contribution >= 0.6 is 19.2 Å². The van der Waals surface area contributed by atoms with Gasteiger partial charge < -0.3 is 66.0 Å². The summed E-state index contributed by atoms with van der Waals surface area (Å²) >= 11 is 1.56. The van der Waals surface area contributed by atoms with Gasteiger partial charge in [-0.2, -0.15) is 0 Å². The Hall–Kier alpha value is -10.9. The van der Waals surface area contributed by atoms with Gasteiger partial charge in [0.2, 0.25) is 23.6 Å². The maximum atomic E-state index is 15.2. The highest BCUT2D eigenvalue weighted by molar-refractivity contribution is 7.48. The number of nitrogens with one attached hydrogen (secondary N) is 5. The Kier molecular flexibility index (Phi) is 28.4. The molecule has 31 nitrogen and oxygen atoms in total. The number of piperidine rings is 1. The number of likely N-dealkylation sites (tertiary alicyclic amines) is 2. The molecule has 3 aromatic heterocycles. The number of hydrogen-bond donors (Lipinski definition) is 7. The minimum atomic E-state index is -4.29. The lowest BCUT2D eigenvalue weighted by Gasteiger charge is -2.53. The molecule has 8 N–H and O–H groups in total. The number of carbonyl (C=O) groups excluding carboxylic acids is 7. The molecule has 5 aromatic carbocycles. The Morgan fingerprint density at radius 2 is 1.41 bits per heavy atom. The number of primary amides is 1. The van der Waals surface area contributed by atoms with Crippen LogP contribution < -0.4 is 46.9 Å². The molecule has 7 heterocycles. The smallest absolute Gasteiger partial charge is 0.476 e. The van der Waals surface area contributed by atoms with Crippen LogP contribution in [0.4, 0.5) is 31.6 Å². The molecule has 0 spiro atoms. The van der Waals surface area contributed by atoms with E-state index in [-0.39, 0.29) is 93.5 Å². The number of aryl methyl sites for hydroxylation is 1. The molecule has 8 atom stereocenters. The molecular weight excluding hydrogens is 1610 g/mol. The fourth-order valence-corrected chi connectivity index (χ4v) is 19.7. The van der Waals surface area contributed by atoms with Gasteiger partial charge in [0, 0.05) is 75.0 Å². The topological polar surface area (TPSA) is 379 Å². The van der Waals surface area contributed by atoms with Gasteiger partial charge in [-0.1, -0.05) is 125 Å². The van der Waals surface area contributed by atoms with Crippen LogP contribution in [0.2, 0.25) is 0 Å². The van der Waals surface area contributed by atoms with Crippen molar-refractivity contribution in [1.29, 1.82) is 0 Å². The molecule has 1 aliphatic carbocycles. The number of ether oxygens (including phenoxy) is 3. The predicted molar refractivity (Wildman–Crippen MR) is 467 cm³/mol. The Balaban J connectivity index is 0.618. The summed E-state index contributed by atoms with van der Waals surface area (Å²) in [6.45, 7) is 27.9. The SMILES string of the molecule is Cc1ncsc1-c1ccc([C@H](C)NC(=O)[C@@H]2C[C@@H](OP(=O)(OC(C)(C)C)OC(C)(C)C)CN2C(=O)[C@@H](c2cc(OCCN3CCC(N4CCN5c6cc(-c7ccccc7O)nnc6N(C(=O)OCc6ccc(NC(=O)[C@H](CCCNC(N)=O)NC(=O)[C@@H](NC(=O)OCC7c8ccccc8-c8ccccc87)C(C)C)cc6)[C@@H](C)[C@@H]5C4)CC3)no2)C(C)C)cc1. The van der Waals surface area contributed by atoms with E-state index in [1.165, 1.54) is 4.90 Å². The molecule has 5 aliphatic rings. The van der Waals surface area contributed by atoms with Gasteiger partial charge in [-0.3, -0.25) is 47.4 Å². The summed E-state index contributed by atoms with van der Waals surface area (Å²) < 4.78 is 57.0. The first-order valence-corrected chi connectivity index (χ1v) is 44.6. The second-order valence-electron chi connectivity index (χ2n) is 34.9. The number of carbonyl (C=O) groups is 7. The van der Waals surface area contributed by atoms with Gasteiger partial charge in [-0.15, -0.1) is 21.5 Å².